The number of methoxy groups -OCH3 is 1. The quantitative estimate of drug-likeness (QED) is 0.0399. The second-order valence-corrected chi connectivity index (χ2v) is 13.3. The number of likely N-dealkylation sites (N-methyl/N-ethyl adjacent to an activating group) is 1. The van der Waals surface area contributed by atoms with Crippen LogP contribution in [0.25, 0.3) is 0 Å². The van der Waals surface area contributed by atoms with E-state index in [1.807, 2.05) is 21.1 Å². The van der Waals surface area contributed by atoms with E-state index in [1.54, 1.807) is 7.11 Å². The molecule has 0 aliphatic heterocycles. The van der Waals surface area contributed by atoms with Crippen molar-refractivity contribution in [1.29, 1.82) is 0 Å². The Labute approximate surface area is 242 Å². The van der Waals surface area contributed by atoms with Gasteiger partial charge in [0.15, 0.2) is 0 Å². The first-order valence-corrected chi connectivity index (χ1v) is 17.4. The highest BCUT2D eigenvalue weighted by Gasteiger charge is 2.24. The second kappa shape index (κ2) is 26.6. The molecule has 0 aliphatic carbocycles. The van der Waals surface area contributed by atoms with Crippen LogP contribution in [0.3, 0.4) is 0 Å². The van der Waals surface area contributed by atoms with Crippen LogP contribution in [-0.2, 0) is 23.1 Å². The van der Waals surface area contributed by atoms with Gasteiger partial charge < -0.3 is 18.9 Å². The Balaban J connectivity index is 3.46. The van der Waals surface area contributed by atoms with Crippen molar-refractivity contribution in [2.75, 3.05) is 61.2 Å². The van der Waals surface area contributed by atoms with Gasteiger partial charge in [0.2, 0.25) is 0 Å². The largest absolute Gasteiger partial charge is 0.472 e. The summed E-state index contributed by atoms with van der Waals surface area (Å²) in [5.74, 6) is 0. The zero-order chi connectivity index (χ0) is 29.1. The highest BCUT2D eigenvalue weighted by Crippen LogP contribution is 2.43. The summed E-state index contributed by atoms with van der Waals surface area (Å²) in [6.07, 6.45) is 28.1. The van der Waals surface area contributed by atoms with Gasteiger partial charge >= 0.3 is 7.82 Å². The van der Waals surface area contributed by atoms with Gasteiger partial charge in [-0.2, -0.15) is 0 Å². The maximum Gasteiger partial charge on any atom is 0.472 e. The van der Waals surface area contributed by atoms with Crippen LogP contribution in [0.4, 0.5) is 0 Å². The molecular formula is C31H65NO6P+. The predicted octanol–water partition coefficient (Wildman–Crippen LogP) is 8.46. The normalized spacial score (nSPS) is 14.7. The topological polar surface area (TPSA) is 74.2 Å². The third-order valence-corrected chi connectivity index (χ3v) is 7.86. The van der Waals surface area contributed by atoms with Gasteiger partial charge in [0.05, 0.1) is 34.4 Å². The first kappa shape index (κ1) is 38.7. The van der Waals surface area contributed by atoms with Gasteiger partial charge in [0.1, 0.15) is 19.3 Å². The minimum absolute atomic E-state index is 0.0371. The molecule has 0 heterocycles. The molecule has 0 aromatic carbocycles. The van der Waals surface area contributed by atoms with E-state index in [-0.39, 0.29) is 13.2 Å². The van der Waals surface area contributed by atoms with Crippen LogP contribution in [0.1, 0.15) is 122 Å². The fourth-order valence-electron chi connectivity index (χ4n) is 4.20. The Bertz CT molecular complexity index is 596. The smallest absolute Gasteiger partial charge is 0.379 e. The van der Waals surface area contributed by atoms with Crippen LogP contribution >= 0.6 is 7.82 Å². The molecule has 0 saturated heterocycles. The monoisotopic (exact) mass is 578 g/mol. The molecule has 0 rings (SSSR count). The SMILES string of the molecule is CCCCCCCC/C=C\CCCCCCCCCCCCOC[C@H](COP(=O)(O)OCC[N+](C)(C)C)OC. The molecule has 0 bridgehead atoms. The molecule has 8 heteroatoms. The number of quaternary nitrogens is 1. The average Bonchev–Trinajstić information content (AvgIpc) is 2.88. The zero-order valence-corrected chi connectivity index (χ0v) is 27.3. The number of unbranched alkanes of at least 4 members (excludes halogenated alkanes) is 16. The number of phosphoric ester groups is 1. The highest BCUT2D eigenvalue weighted by atomic mass is 31.2. The highest BCUT2D eigenvalue weighted by molar-refractivity contribution is 7.47. The molecule has 2 atom stereocenters. The van der Waals surface area contributed by atoms with Crippen LogP contribution < -0.4 is 0 Å². The van der Waals surface area contributed by atoms with Crippen molar-refractivity contribution in [2.45, 2.75) is 129 Å². The summed E-state index contributed by atoms with van der Waals surface area (Å²) >= 11 is 0. The standard InChI is InChI=1S/C31H64NO6P/c1-6-7-8-9-10-11-12-13-14-15-16-17-18-19-20-21-22-23-24-25-27-36-29-31(35-5)30-38-39(33,34)37-28-26-32(2,3)4/h13-14,31H,6-12,15-30H2,1-5H3/p+1/b14-13-/t31-/m1/s1. The van der Waals surface area contributed by atoms with Crippen molar-refractivity contribution in [3.63, 3.8) is 0 Å². The Morgan fingerprint density at radius 1 is 0.692 bits per heavy atom. The molecule has 0 aromatic rings. The summed E-state index contributed by atoms with van der Waals surface area (Å²) in [6, 6.07) is 0. The summed E-state index contributed by atoms with van der Waals surface area (Å²) in [7, 11) is 3.44. The Morgan fingerprint density at radius 3 is 1.67 bits per heavy atom. The van der Waals surface area contributed by atoms with E-state index in [9.17, 15) is 9.46 Å². The van der Waals surface area contributed by atoms with Gasteiger partial charge in [-0.15, -0.1) is 0 Å². The van der Waals surface area contributed by atoms with Crippen LogP contribution in [0.15, 0.2) is 12.2 Å². The van der Waals surface area contributed by atoms with E-state index in [0.29, 0.717) is 24.2 Å². The van der Waals surface area contributed by atoms with Crippen molar-refractivity contribution in [2.24, 2.45) is 0 Å². The minimum atomic E-state index is -4.08. The van der Waals surface area contributed by atoms with E-state index in [2.05, 4.69) is 19.1 Å². The lowest BCUT2D eigenvalue weighted by Crippen LogP contribution is -2.37. The van der Waals surface area contributed by atoms with Crippen LogP contribution in [0.5, 0.6) is 0 Å². The number of allylic oxidation sites excluding steroid dienone is 2. The fourth-order valence-corrected chi connectivity index (χ4v) is 4.94. The van der Waals surface area contributed by atoms with E-state index in [0.717, 1.165) is 6.42 Å². The van der Waals surface area contributed by atoms with Crippen LogP contribution in [0, 0.1) is 0 Å². The van der Waals surface area contributed by atoms with E-state index >= 15 is 0 Å². The van der Waals surface area contributed by atoms with E-state index in [4.69, 9.17) is 18.5 Å². The number of rotatable bonds is 30. The molecule has 234 valence electrons. The van der Waals surface area contributed by atoms with Gasteiger partial charge in [0, 0.05) is 13.7 Å². The number of hydrogen-bond donors (Lipinski definition) is 1. The molecule has 0 spiro atoms. The lowest BCUT2D eigenvalue weighted by Gasteiger charge is -2.24. The number of nitrogens with zero attached hydrogens (tertiary/aromatic N) is 1. The molecule has 0 aromatic heterocycles. The molecular weight excluding hydrogens is 513 g/mol. The van der Waals surface area contributed by atoms with Gasteiger partial charge in [0.25, 0.3) is 0 Å². The first-order chi connectivity index (χ1) is 18.7. The summed E-state index contributed by atoms with van der Waals surface area (Å²) in [5, 5.41) is 0. The maximum atomic E-state index is 12.0. The van der Waals surface area contributed by atoms with Crippen molar-refractivity contribution >= 4 is 7.82 Å². The van der Waals surface area contributed by atoms with Crippen molar-refractivity contribution in [3.05, 3.63) is 12.2 Å². The Hall–Kier alpha value is -0.270. The third kappa shape index (κ3) is 30.5. The number of ether oxygens (including phenoxy) is 2. The summed E-state index contributed by atoms with van der Waals surface area (Å²) in [4.78, 5) is 9.81. The molecule has 1 unspecified atom stereocenters. The van der Waals surface area contributed by atoms with Crippen LogP contribution in [-0.4, -0.2) is 76.7 Å². The van der Waals surface area contributed by atoms with Crippen LogP contribution in [0.2, 0.25) is 0 Å². The average molecular weight is 579 g/mol. The van der Waals surface area contributed by atoms with Gasteiger partial charge in [-0.1, -0.05) is 103 Å². The van der Waals surface area contributed by atoms with Crippen molar-refractivity contribution in [3.8, 4) is 0 Å². The lowest BCUT2D eigenvalue weighted by atomic mass is 10.1. The zero-order valence-electron chi connectivity index (χ0n) is 26.4. The molecule has 1 N–H and O–H groups in total. The molecule has 0 fully saturated rings. The lowest BCUT2D eigenvalue weighted by molar-refractivity contribution is -0.870. The molecule has 7 nitrogen and oxygen atoms in total. The molecule has 0 aliphatic rings. The van der Waals surface area contributed by atoms with E-state index in [1.165, 1.54) is 109 Å². The predicted molar refractivity (Wildman–Crippen MR) is 164 cm³/mol. The summed E-state index contributed by atoms with van der Waals surface area (Å²) < 4.78 is 33.7. The second-order valence-electron chi connectivity index (χ2n) is 11.9. The van der Waals surface area contributed by atoms with E-state index < -0.39 is 13.9 Å². The van der Waals surface area contributed by atoms with Crippen molar-refractivity contribution in [1.82, 2.24) is 0 Å². The van der Waals surface area contributed by atoms with Gasteiger partial charge in [-0.05, 0) is 32.1 Å². The molecule has 39 heavy (non-hydrogen) atoms. The van der Waals surface area contributed by atoms with Gasteiger partial charge in [-0.25, -0.2) is 4.57 Å². The number of phosphoric acid groups is 1. The molecule has 0 amide bonds. The molecule has 0 radical (unpaired) electrons. The minimum Gasteiger partial charge on any atom is -0.379 e. The van der Waals surface area contributed by atoms with Crippen molar-refractivity contribution < 1.29 is 32.5 Å². The maximum absolute atomic E-state index is 12.0. The Kier molecular flexibility index (Phi) is 26.4. The number of hydrogen-bond acceptors (Lipinski definition) is 5. The van der Waals surface area contributed by atoms with Gasteiger partial charge in [-0.3, -0.25) is 9.05 Å². The fraction of sp³-hybridized carbons (Fsp3) is 0.935. The summed E-state index contributed by atoms with van der Waals surface area (Å²) in [6.45, 7) is 4.02. The molecule has 0 saturated carbocycles. The first-order valence-electron chi connectivity index (χ1n) is 15.9. The Morgan fingerprint density at radius 2 is 1.18 bits per heavy atom. The summed E-state index contributed by atoms with van der Waals surface area (Å²) in [5.41, 5.74) is 0. The third-order valence-electron chi connectivity index (χ3n) is 6.88.